The fourth-order valence-electron chi connectivity index (χ4n) is 3.43. The van der Waals surface area contributed by atoms with E-state index < -0.39 is 11.9 Å². The van der Waals surface area contributed by atoms with Crippen molar-refractivity contribution in [3.63, 3.8) is 0 Å². The molecule has 0 bridgehead atoms. The van der Waals surface area contributed by atoms with E-state index in [9.17, 15) is 9.18 Å². The Morgan fingerprint density at radius 1 is 1.36 bits per heavy atom. The zero-order chi connectivity index (χ0) is 18.0. The number of hydrogen-bond donors (Lipinski definition) is 0. The van der Waals surface area contributed by atoms with E-state index >= 15 is 0 Å². The average Bonchev–Trinajstić information content (AvgIpc) is 2.60. The maximum Gasteiger partial charge on any atom is 0.263 e. The SMILES string of the molecule is CC(Oc1ccc(F)cc1Cl)C(=O)N1CCOC2(CCN(C)CC2)C1. The number of piperidine rings is 1. The van der Waals surface area contributed by atoms with Gasteiger partial charge in [0, 0.05) is 26.2 Å². The van der Waals surface area contributed by atoms with Crippen LogP contribution in [-0.4, -0.2) is 67.2 Å². The van der Waals surface area contributed by atoms with Crippen LogP contribution in [-0.2, 0) is 9.53 Å². The maximum atomic E-state index is 13.1. The van der Waals surface area contributed by atoms with E-state index in [2.05, 4.69) is 11.9 Å². The van der Waals surface area contributed by atoms with Crippen molar-refractivity contribution in [1.29, 1.82) is 0 Å². The average molecular weight is 371 g/mol. The first-order chi connectivity index (χ1) is 11.9. The molecule has 2 fully saturated rings. The number of benzene rings is 1. The van der Waals surface area contributed by atoms with Crippen molar-refractivity contribution in [3.8, 4) is 5.75 Å². The topological polar surface area (TPSA) is 42.0 Å². The van der Waals surface area contributed by atoms with Crippen LogP contribution >= 0.6 is 11.6 Å². The molecular formula is C18H24ClFN2O3. The smallest absolute Gasteiger partial charge is 0.263 e. The third-order valence-corrected chi connectivity index (χ3v) is 5.30. The van der Waals surface area contributed by atoms with E-state index in [1.165, 1.54) is 18.2 Å². The Morgan fingerprint density at radius 3 is 2.76 bits per heavy atom. The summed E-state index contributed by atoms with van der Waals surface area (Å²) in [6.45, 7) is 5.32. The fourth-order valence-corrected chi connectivity index (χ4v) is 3.64. The minimum Gasteiger partial charge on any atom is -0.479 e. The molecule has 1 spiro atoms. The number of amides is 1. The van der Waals surface area contributed by atoms with E-state index in [1.54, 1.807) is 6.92 Å². The molecule has 2 aliphatic rings. The number of halogens is 2. The summed E-state index contributed by atoms with van der Waals surface area (Å²) in [7, 11) is 2.10. The monoisotopic (exact) mass is 370 g/mol. The van der Waals surface area contributed by atoms with Crippen LogP contribution in [0.3, 0.4) is 0 Å². The summed E-state index contributed by atoms with van der Waals surface area (Å²) in [6, 6.07) is 3.89. The summed E-state index contributed by atoms with van der Waals surface area (Å²) in [5.41, 5.74) is -0.242. The van der Waals surface area contributed by atoms with Gasteiger partial charge in [0.2, 0.25) is 0 Å². The van der Waals surface area contributed by atoms with Crippen LogP contribution in [0.1, 0.15) is 19.8 Å². The minimum absolute atomic E-state index is 0.0954. The second kappa shape index (κ2) is 7.48. The van der Waals surface area contributed by atoms with Gasteiger partial charge in [-0.3, -0.25) is 4.79 Å². The molecule has 2 aliphatic heterocycles. The molecule has 0 N–H and O–H groups in total. The van der Waals surface area contributed by atoms with Gasteiger partial charge in [-0.05, 0) is 45.0 Å². The molecule has 3 rings (SSSR count). The number of nitrogens with zero attached hydrogens (tertiary/aromatic N) is 2. The third kappa shape index (κ3) is 4.25. The number of likely N-dealkylation sites (tertiary alicyclic amines) is 1. The van der Waals surface area contributed by atoms with E-state index in [4.69, 9.17) is 21.1 Å². The van der Waals surface area contributed by atoms with Gasteiger partial charge in [0.05, 0.1) is 17.2 Å². The van der Waals surface area contributed by atoms with Gasteiger partial charge in [0.25, 0.3) is 5.91 Å². The molecule has 1 aromatic carbocycles. The Balaban J connectivity index is 1.63. The van der Waals surface area contributed by atoms with Crippen LogP contribution < -0.4 is 4.74 Å². The van der Waals surface area contributed by atoms with Crippen LogP contribution in [0.15, 0.2) is 18.2 Å². The Morgan fingerprint density at radius 2 is 2.08 bits per heavy atom. The zero-order valence-electron chi connectivity index (χ0n) is 14.6. The molecule has 2 heterocycles. The van der Waals surface area contributed by atoms with Crippen molar-refractivity contribution >= 4 is 17.5 Å². The van der Waals surface area contributed by atoms with Crippen LogP contribution in [0.2, 0.25) is 5.02 Å². The van der Waals surface area contributed by atoms with Gasteiger partial charge in [0.1, 0.15) is 11.6 Å². The molecule has 138 valence electrons. The molecule has 1 atom stereocenters. The Kier molecular flexibility index (Phi) is 5.51. The summed E-state index contributed by atoms with van der Waals surface area (Å²) in [5, 5.41) is 0.161. The highest BCUT2D eigenvalue weighted by Crippen LogP contribution is 2.31. The number of rotatable bonds is 3. The number of carbonyl (C=O) groups is 1. The van der Waals surface area contributed by atoms with Gasteiger partial charge < -0.3 is 19.3 Å². The predicted molar refractivity (Wildman–Crippen MR) is 93.5 cm³/mol. The lowest BCUT2D eigenvalue weighted by atomic mass is 9.89. The van der Waals surface area contributed by atoms with Crippen molar-refractivity contribution in [2.24, 2.45) is 0 Å². The summed E-state index contributed by atoms with van der Waals surface area (Å²) in [4.78, 5) is 16.9. The second-order valence-corrected chi connectivity index (χ2v) is 7.34. The van der Waals surface area contributed by atoms with E-state index in [1.807, 2.05) is 4.90 Å². The molecule has 0 saturated carbocycles. The molecule has 2 saturated heterocycles. The van der Waals surface area contributed by atoms with Gasteiger partial charge in [-0.1, -0.05) is 11.6 Å². The largest absolute Gasteiger partial charge is 0.479 e. The van der Waals surface area contributed by atoms with Gasteiger partial charge in [-0.25, -0.2) is 4.39 Å². The molecule has 1 aromatic rings. The first-order valence-corrected chi connectivity index (χ1v) is 8.99. The highest BCUT2D eigenvalue weighted by molar-refractivity contribution is 6.32. The molecule has 1 amide bonds. The van der Waals surface area contributed by atoms with Crippen LogP contribution in [0, 0.1) is 5.82 Å². The van der Waals surface area contributed by atoms with E-state index in [0.29, 0.717) is 25.4 Å². The van der Waals surface area contributed by atoms with Crippen molar-refractivity contribution in [3.05, 3.63) is 29.0 Å². The van der Waals surface area contributed by atoms with Crippen molar-refractivity contribution in [1.82, 2.24) is 9.80 Å². The number of hydrogen-bond acceptors (Lipinski definition) is 4. The summed E-state index contributed by atoms with van der Waals surface area (Å²) in [5.74, 6) is -0.220. The summed E-state index contributed by atoms with van der Waals surface area (Å²) >= 11 is 5.98. The van der Waals surface area contributed by atoms with Crippen LogP contribution in [0.5, 0.6) is 5.75 Å². The maximum absolute atomic E-state index is 13.1. The van der Waals surface area contributed by atoms with Gasteiger partial charge >= 0.3 is 0 Å². The fraction of sp³-hybridized carbons (Fsp3) is 0.611. The third-order valence-electron chi connectivity index (χ3n) is 5.00. The van der Waals surface area contributed by atoms with E-state index in [-0.39, 0.29) is 16.5 Å². The van der Waals surface area contributed by atoms with Gasteiger partial charge in [0.15, 0.2) is 6.10 Å². The lowest BCUT2D eigenvalue weighted by Crippen LogP contribution is -2.59. The number of ether oxygens (including phenoxy) is 2. The van der Waals surface area contributed by atoms with Crippen LogP contribution in [0.25, 0.3) is 0 Å². The highest BCUT2D eigenvalue weighted by Gasteiger charge is 2.41. The molecular weight excluding hydrogens is 347 g/mol. The lowest BCUT2D eigenvalue weighted by Gasteiger charge is -2.47. The summed E-state index contributed by atoms with van der Waals surface area (Å²) in [6.07, 6.45) is 1.16. The first kappa shape index (κ1) is 18.4. The Bertz CT molecular complexity index is 635. The Labute approximate surface area is 152 Å². The number of morpholine rings is 1. The van der Waals surface area contributed by atoms with E-state index in [0.717, 1.165) is 25.9 Å². The first-order valence-electron chi connectivity index (χ1n) is 8.62. The number of carbonyl (C=O) groups excluding carboxylic acids is 1. The molecule has 7 heteroatoms. The lowest BCUT2D eigenvalue weighted by molar-refractivity contribution is -0.163. The minimum atomic E-state index is -0.690. The van der Waals surface area contributed by atoms with Gasteiger partial charge in [-0.2, -0.15) is 0 Å². The molecule has 5 nitrogen and oxygen atoms in total. The molecule has 25 heavy (non-hydrogen) atoms. The molecule has 0 radical (unpaired) electrons. The highest BCUT2D eigenvalue weighted by atomic mass is 35.5. The Hall–Kier alpha value is -1.37. The summed E-state index contributed by atoms with van der Waals surface area (Å²) < 4.78 is 24.8. The van der Waals surface area contributed by atoms with Gasteiger partial charge in [-0.15, -0.1) is 0 Å². The van der Waals surface area contributed by atoms with Crippen molar-refractivity contribution in [2.75, 3.05) is 39.8 Å². The second-order valence-electron chi connectivity index (χ2n) is 6.93. The predicted octanol–water partition coefficient (Wildman–Crippen LogP) is 2.57. The molecule has 1 unspecified atom stereocenters. The molecule has 0 aromatic heterocycles. The molecule has 0 aliphatic carbocycles. The van der Waals surface area contributed by atoms with Crippen molar-refractivity contribution in [2.45, 2.75) is 31.5 Å². The van der Waals surface area contributed by atoms with Crippen LogP contribution in [0.4, 0.5) is 4.39 Å². The zero-order valence-corrected chi connectivity index (χ0v) is 15.4. The standard InChI is InChI=1S/C18H24ClFN2O3/c1-13(25-16-4-3-14(20)11-15(16)19)17(23)22-9-10-24-18(12-22)5-7-21(2)8-6-18/h3-4,11,13H,5-10,12H2,1-2H3. The normalized spacial score (nSPS) is 22.0. The van der Waals surface area contributed by atoms with Crippen molar-refractivity contribution < 1.29 is 18.7 Å². The quantitative estimate of drug-likeness (QED) is 0.820.